The first kappa shape index (κ1) is 28.7. The SMILES string of the molecule is O=c1c(N=Nc2cc(S(=O)(=O)[O-])cc([N+](=O)[O-])c2[O-])c([O-])[nH]c2ccccc12.[Cr+3].[Na+].[OH-]. The Morgan fingerprint density at radius 1 is 1.06 bits per heavy atom. The molecule has 0 aliphatic heterocycles. The number of fused-ring (bicyclic) bond motifs is 1. The van der Waals surface area contributed by atoms with E-state index in [2.05, 4.69) is 15.2 Å². The van der Waals surface area contributed by atoms with Crippen LogP contribution in [0.15, 0.2) is 56.3 Å². The van der Waals surface area contributed by atoms with Gasteiger partial charge in [-0.2, -0.15) is 5.11 Å². The minimum absolute atomic E-state index is 0. The van der Waals surface area contributed by atoms with Gasteiger partial charge in [0.05, 0.1) is 15.5 Å². The van der Waals surface area contributed by atoms with Gasteiger partial charge < -0.3 is 25.2 Å². The molecule has 0 spiro atoms. The first-order valence-electron chi connectivity index (χ1n) is 7.28. The van der Waals surface area contributed by atoms with E-state index >= 15 is 0 Å². The molecule has 0 fully saturated rings. The third-order valence-corrected chi connectivity index (χ3v) is 4.43. The van der Waals surface area contributed by atoms with Gasteiger partial charge >= 0.3 is 46.9 Å². The Balaban J connectivity index is 0.00000300. The van der Waals surface area contributed by atoms with Crippen molar-refractivity contribution in [1.82, 2.24) is 4.98 Å². The third-order valence-electron chi connectivity index (χ3n) is 3.62. The predicted molar refractivity (Wildman–Crippen MR) is 90.6 cm³/mol. The maximum atomic E-state index is 12.4. The van der Waals surface area contributed by atoms with Crippen molar-refractivity contribution in [3.8, 4) is 11.6 Å². The quantitative estimate of drug-likeness (QED) is 0.135. The summed E-state index contributed by atoms with van der Waals surface area (Å²) >= 11 is 0. The normalized spacial score (nSPS) is 10.7. The molecule has 31 heavy (non-hydrogen) atoms. The number of aromatic amines is 1. The summed E-state index contributed by atoms with van der Waals surface area (Å²) < 4.78 is 33.4. The summed E-state index contributed by atoms with van der Waals surface area (Å²) in [4.78, 5) is 23.4. The van der Waals surface area contributed by atoms with Gasteiger partial charge in [0.25, 0.3) is 5.69 Å². The molecule has 16 heteroatoms. The van der Waals surface area contributed by atoms with Crippen LogP contribution in [0, 0.1) is 10.1 Å². The van der Waals surface area contributed by atoms with Crippen LogP contribution in [0.5, 0.6) is 11.6 Å². The average Bonchev–Trinajstić information content (AvgIpc) is 2.61. The number of nitro groups is 1. The number of H-pyrrole nitrogens is 1. The van der Waals surface area contributed by atoms with Crippen molar-refractivity contribution in [2.24, 2.45) is 10.2 Å². The van der Waals surface area contributed by atoms with Gasteiger partial charge in [-0.15, -0.1) is 5.11 Å². The molecule has 3 rings (SSSR count). The van der Waals surface area contributed by atoms with Crippen LogP contribution in [0.4, 0.5) is 17.1 Å². The molecule has 1 heterocycles. The Bertz CT molecular complexity index is 1330. The maximum absolute atomic E-state index is 12.4. The van der Waals surface area contributed by atoms with Crippen LogP contribution in [-0.2, 0) is 27.5 Å². The van der Waals surface area contributed by atoms with Crippen molar-refractivity contribution in [2.75, 3.05) is 0 Å². The number of nitrogens with zero attached hydrogens (tertiary/aromatic N) is 3. The molecule has 155 valence electrons. The molecule has 3 aromatic rings. The molecule has 13 nitrogen and oxygen atoms in total. The molecule has 0 amide bonds. The van der Waals surface area contributed by atoms with E-state index in [0.717, 1.165) is 0 Å². The van der Waals surface area contributed by atoms with Crippen molar-refractivity contribution in [1.29, 1.82) is 0 Å². The summed E-state index contributed by atoms with van der Waals surface area (Å²) in [6, 6.07) is 6.76. The average molecular weight is 495 g/mol. The molecular weight excluding hydrogens is 487 g/mol. The topological polar surface area (TPSA) is 234 Å². The molecule has 0 atom stereocenters. The van der Waals surface area contributed by atoms with Crippen molar-refractivity contribution in [3.05, 3.63) is 56.7 Å². The van der Waals surface area contributed by atoms with Gasteiger partial charge in [0, 0.05) is 22.7 Å². The Kier molecular flexibility index (Phi) is 9.98. The number of para-hydroxylation sites is 1. The fourth-order valence-corrected chi connectivity index (χ4v) is 2.84. The van der Waals surface area contributed by atoms with E-state index in [9.17, 15) is 38.1 Å². The van der Waals surface area contributed by atoms with Gasteiger partial charge in [-0.05, 0) is 24.1 Å². The van der Waals surface area contributed by atoms with E-state index in [-0.39, 0.29) is 63.3 Å². The second kappa shape index (κ2) is 10.8. The van der Waals surface area contributed by atoms with Gasteiger partial charge in [0.2, 0.25) is 5.43 Å². The Hall–Kier alpha value is -2.35. The number of azo groups is 1. The van der Waals surface area contributed by atoms with Gasteiger partial charge in [-0.1, -0.05) is 12.1 Å². The Morgan fingerprint density at radius 3 is 2.26 bits per heavy atom. The van der Waals surface area contributed by atoms with Gasteiger partial charge in [0.1, 0.15) is 15.8 Å². The van der Waals surface area contributed by atoms with Gasteiger partial charge in [0.15, 0.2) is 0 Å². The molecule has 0 aliphatic rings. The van der Waals surface area contributed by atoms with E-state index in [1.54, 1.807) is 6.07 Å². The zero-order valence-corrected chi connectivity index (χ0v) is 19.4. The number of aromatic nitrogens is 1. The zero-order valence-electron chi connectivity index (χ0n) is 15.3. The van der Waals surface area contributed by atoms with E-state index < -0.39 is 54.1 Å². The molecule has 0 aliphatic carbocycles. The van der Waals surface area contributed by atoms with E-state index in [1.165, 1.54) is 18.2 Å². The standard InChI is InChI=1S/C15H10N4O8S.Cr.Na.H2O/c20-13-8-3-1-2-4-9(8)16-15(22)12(13)18-17-10-5-7(28(25,26)27)6-11(14(10)21)19(23)24;;;/h1-6,21H,(H2,16,20,22)(H,25,26,27);;;1H2/q;+3;+1;/p-4. The number of benzene rings is 2. The van der Waals surface area contributed by atoms with Crippen LogP contribution < -0.4 is 45.2 Å². The number of pyridine rings is 1. The zero-order chi connectivity index (χ0) is 20.6. The molecular formula is C15H8CrN4NaO9S. The van der Waals surface area contributed by atoms with Crippen LogP contribution >= 0.6 is 0 Å². The first-order valence-corrected chi connectivity index (χ1v) is 8.69. The predicted octanol–water partition coefficient (Wildman–Crippen LogP) is -2.27. The summed E-state index contributed by atoms with van der Waals surface area (Å²) in [6.07, 6.45) is 0. The molecule has 0 bridgehead atoms. The van der Waals surface area contributed by atoms with Gasteiger partial charge in [-0.25, -0.2) is 8.42 Å². The van der Waals surface area contributed by atoms with Gasteiger partial charge in [-0.3, -0.25) is 14.9 Å². The molecule has 0 unspecified atom stereocenters. The van der Waals surface area contributed by atoms with Crippen LogP contribution in [-0.4, -0.2) is 28.4 Å². The van der Waals surface area contributed by atoms with Crippen molar-refractivity contribution < 1.29 is 80.5 Å². The number of nitro benzene ring substituents is 1. The van der Waals surface area contributed by atoms with Crippen molar-refractivity contribution in [3.63, 3.8) is 0 Å². The van der Waals surface area contributed by atoms with Crippen LogP contribution in [0.3, 0.4) is 0 Å². The van der Waals surface area contributed by atoms with Crippen molar-refractivity contribution >= 4 is 38.1 Å². The Labute approximate surface area is 206 Å². The summed E-state index contributed by atoms with van der Waals surface area (Å²) in [7, 11) is -5.15. The largest absolute Gasteiger partial charge is 3.00 e. The third kappa shape index (κ3) is 5.88. The maximum Gasteiger partial charge on any atom is 3.00 e. The monoisotopic (exact) mass is 495 g/mol. The summed E-state index contributed by atoms with van der Waals surface area (Å²) in [5.74, 6) is -2.28. The van der Waals surface area contributed by atoms with E-state index in [0.29, 0.717) is 12.1 Å². The summed E-state index contributed by atoms with van der Waals surface area (Å²) in [6.45, 7) is 0. The number of hydrogen-bond acceptors (Lipinski definition) is 11. The molecule has 1 radical (unpaired) electrons. The molecule has 2 N–H and O–H groups in total. The van der Waals surface area contributed by atoms with Crippen LogP contribution in [0.1, 0.15) is 0 Å². The summed E-state index contributed by atoms with van der Waals surface area (Å²) in [5, 5.41) is 41.7. The molecule has 1 aromatic heterocycles. The summed E-state index contributed by atoms with van der Waals surface area (Å²) in [5.41, 5.74) is -3.43. The molecule has 0 saturated heterocycles. The fraction of sp³-hybridized carbons (Fsp3) is 0. The second-order valence-electron chi connectivity index (χ2n) is 5.38. The Morgan fingerprint density at radius 2 is 1.68 bits per heavy atom. The van der Waals surface area contributed by atoms with E-state index in [1.807, 2.05) is 0 Å². The number of rotatable bonds is 4. The minimum Gasteiger partial charge on any atom is -0.870 e. The molecule has 0 saturated carbocycles. The number of nitrogens with one attached hydrogen (secondary N) is 1. The smallest absolute Gasteiger partial charge is 0.870 e. The second-order valence-corrected chi connectivity index (χ2v) is 6.76. The van der Waals surface area contributed by atoms with E-state index in [4.69, 9.17) is 0 Å². The minimum atomic E-state index is -5.15. The van der Waals surface area contributed by atoms with Crippen LogP contribution in [0.2, 0.25) is 0 Å². The fourth-order valence-electron chi connectivity index (χ4n) is 2.32. The number of hydrogen-bond donors (Lipinski definition) is 1. The first-order chi connectivity index (χ1) is 13.1. The molecule has 2 aromatic carbocycles. The van der Waals surface area contributed by atoms with Crippen molar-refractivity contribution in [2.45, 2.75) is 4.90 Å². The van der Waals surface area contributed by atoms with Crippen LogP contribution in [0.25, 0.3) is 10.9 Å².